The fraction of sp³-hybridized carbons (Fsp3) is 0.389. The maximum absolute atomic E-state index is 5.79. The minimum absolute atomic E-state index is 0.462. The van der Waals surface area contributed by atoms with Crippen LogP contribution < -0.4 is 10.1 Å². The first-order valence-electron chi connectivity index (χ1n) is 7.57. The third-order valence-corrected chi connectivity index (χ3v) is 3.27. The zero-order valence-corrected chi connectivity index (χ0v) is 13.1. The van der Waals surface area contributed by atoms with Crippen LogP contribution in [0.25, 0.3) is 0 Å². The number of aryl methyl sites for hydroxylation is 1. The van der Waals surface area contributed by atoms with E-state index in [0.717, 1.165) is 30.1 Å². The van der Waals surface area contributed by atoms with E-state index in [0.29, 0.717) is 12.6 Å². The van der Waals surface area contributed by atoms with Gasteiger partial charge >= 0.3 is 0 Å². The van der Waals surface area contributed by atoms with E-state index >= 15 is 0 Å². The molecule has 0 amide bonds. The van der Waals surface area contributed by atoms with E-state index in [4.69, 9.17) is 4.74 Å². The van der Waals surface area contributed by atoms with Gasteiger partial charge in [0.2, 0.25) is 0 Å². The second kappa shape index (κ2) is 7.79. The summed E-state index contributed by atoms with van der Waals surface area (Å²) < 4.78 is 5.79. The Morgan fingerprint density at radius 2 is 1.76 bits per heavy atom. The molecule has 2 rings (SSSR count). The SMILES string of the molecule is CCc1ccc(OCc2cccc(CNC(C)C)n2)cc1. The molecule has 0 unspecified atom stereocenters. The summed E-state index contributed by atoms with van der Waals surface area (Å²) in [6, 6.07) is 14.8. The molecular weight excluding hydrogens is 260 g/mol. The van der Waals surface area contributed by atoms with Crippen molar-refractivity contribution in [3.8, 4) is 5.75 Å². The summed E-state index contributed by atoms with van der Waals surface area (Å²) in [6.45, 7) is 7.70. The third kappa shape index (κ3) is 5.20. The molecule has 0 spiro atoms. The van der Waals surface area contributed by atoms with Gasteiger partial charge in [-0.25, -0.2) is 0 Å². The van der Waals surface area contributed by atoms with Crippen LogP contribution in [-0.2, 0) is 19.6 Å². The molecule has 2 aromatic rings. The van der Waals surface area contributed by atoms with Gasteiger partial charge in [0.15, 0.2) is 0 Å². The van der Waals surface area contributed by atoms with Gasteiger partial charge in [-0.3, -0.25) is 4.98 Å². The molecule has 0 aliphatic carbocycles. The fourth-order valence-electron chi connectivity index (χ4n) is 2.00. The first-order valence-corrected chi connectivity index (χ1v) is 7.57. The van der Waals surface area contributed by atoms with Crippen molar-refractivity contribution in [3.05, 3.63) is 59.4 Å². The molecule has 0 fully saturated rings. The number of benzene rings is 1. The summed E-state index contributed by atoms with van der Waals surface area (Å²) in [5.74, 6) is 0.889. The highest BCUT2D eigenvalue weighted by atomic mass is 16.5. The average molecular weight is 284 g/mol. The Balaban J connectivity index is 1.91. The predicted octanol–water partition coefficient (Wildman–Crippen LogP) is 3.72. The van der Waals surface area contributed by atoms with Crippen molar-refractivity contribution < 1.29 is 4.74 Å². The quantitative estimate of drug-likeness (QED) is 0.841. The molecule has 112 valence electrons. The smallest absolute Gasteiger partial charge is 0.130 e. The van der Waals surface area contributed by atoms with E-state index in [1.54, 1.807) is 0 Å². The number of pyridine rings is 1. The van der Waals surface area contributed by atoms with E-state index < -0.39 is 0 Å². The first kappa shape index (κ1) is 15.5. The molecule has 1 aromatic heterocycles. The fourth-order valence-corrected chi connectivity index (χ4v) is 2.00. The van der Waals surface area contributed by atoms with Crippen molar-refractivity contribution in [1.82, 2.24) is 10.3 Å². The Bertz CT molecular complexity index is 549. The van der Waals surface area contributed by atoms with E-state index in [1.807, 2.05) is 30.3 Å². The minimum atomic E-state index is 0.462. The number of rotatable bonds is 7. The van der Waals surface area contributed by atoms with E-state index in [2.05, 4.69) is 43.2 Å². The molecule has 1 heterocycles. The van der Waals surface area contributed by atoms with Crippen LogP contribution >= 0.6 is 0 Å². The molecule has 0 bridgehead atoms. The van der Waals surface area contributed by atoms with Crippen molar-refractivity contribution in [3.63, 3.8) is 0 Å². The average Bonchev–Trinajstić information content (AvgIpc) is 2.52. The van der Waals surface area contributed by atoms with Crippen molar-refractivity contribution >= 4 is 0 Å². The standard InChI is InChI=1S/C18H24N2O/c1-4-15-8-10-18(11-9-15)21-13-17-7-5-6-16(20-17)12-19-14(2)3/h5-11,14,19H,4,12-13H2,1-3H3. The van der Waals surface area contributed by atoms with Crippen LogP contribution in [0.2, 0.25) is 0 Å². The molecule has 0 saturated heterocycles. The van der Waals surface area contributed by atoms with Gasteiger partial charge in [0.1, 0.15) is 12.4 Å². The summed E-state index contributed by atoms with van der Waals surface area (Å²) in [6.07, 6.45) is 1.05. The molecule has 21 heavy (non-hydrogen) atoms. The van der Waals surface area contributed by atoms with Crippen LogP contribution in [0.15, 0.2) is 42.5 Å². The summed E-state index contributed by atoms with van der Waals surface area (Å²) in [4.78, 5) is 4.61. The van der Waals surface area contributed by atoms with Gasteiger partial charge in [-0.15, -0.1) is 0 Å². The predicted molar refractivity (Wildman–Crippen MR) is 86.4 cm³/mol. The lowest BCUT2D eigenvalue weighted by Crippen LogP contribution is -2.22. The Labute approximate surface area is 127 Å². The first-order chi connectivity index (χ1) is 10.2. The molecule has 1 N–H and O–H groups in total. The van der Waals surface area contributed by atoms with Gasteiger partial charge in [0.25, 0.3) is 0 Å². The largest absolute Gasteiger partial charge is 0.487 e. The lowest BCUT2D eigenvalue weighted by atomic mass is 10.2. The number of hydrogen-bond donors (Lipinski definition) is 1. The highest BCUT2D eigenvalue weighted by Crippen LogP contribution is 2.14. The van der Waals surface area contributed by atoms with Crippen molar-refractivity contribution in [1.29, 1.82) is 0 Å². The summed E-state index contributed by atoms with van der Waals surface area (Å²) in [5, 5.41) is 3.37. The Hall–Kier alpha value is -1.87. The highest BCUT2D eigenvalue weighted by molar-refractivity contribution is 5.27. The maximum atomic E-state index is 5.79. The molecule has 3 nitrogen and oxygen atoms in total. The highest BCUT2D eigenvalue weighted by Gasteiger charge is 2.01. The monoisotopic (exact) mass is 284 g/mol. The summed E-state index contributed by atoms with van der Waals surface area (Å²) in [5.41, 5.74) is 3.32. The van der Waals surface area contributed by atoms with Gasteiger partial charge in [0.05, 0.1) is 11.4 Å². The maximum Gasteiger partial charge on any atom is 0.130 e. The van der Waals surface area contributed by atoms with Crippen LogP contribution in [0.4, 0.5) is 0 Å². The van der Waals surface area contributed by atoms with E-state index in [1.165, 1.54) is 5.56 Å². The third-order valence-electron chi connectivity index (χ3n) is 3.27. The second-order valence-electron chi connectivity index (χ2n) is 5.44. The number of aromatic nitrogens is 1. The van der Waals surface area contributed by atoms with Crippen molar-refractivity contribution in [2.24, 2.45) is 0 Å². The lowest BCUT2D eigenvalue weighted by molar-refractivity contribution is 0.301. The number of nitrogens with one attached hydrogen (secondary N) is 1. The second-order valence-corrected chi connectivity index (χ2v) is 5.44. The van der Waals surface area contributed by atoms with Crippen LogP contribution in [-0.4, -0.2) is 11.0 Å². The molecule has 0 radical (unpaired) electrons. The van der Waals surface area contributed by atoms with E-state index in [-0.39, 0.29) is 0 Å². The zero-order chi connectivity index (χ0) is 15.1. The van der Waals surface area contributed by atoms with Crippen LogP contribution in [0.5, 0.6) is 5.75 Å². The zero-order valence-electron chi connectivity index (χ0n) is 13.1. The van der Waals surface area contributed by atoms with Crippen molar-refractivity contribution in [2.45, 2.75) is 46.4 Å². The Morgan fingerprint density at radius 1 is 1.05 bits per heavy atom. The summed E-state index contributed by atoms with van der Waals surface area (Å²) >= 11 is 0. The van der Waals surface area contributed by atoms with Crippen LogP contribution in [0, 0.1) is 0 Å². The lowest BCUT2D eigenvalue weighted by Gasteiger charge is -2.10. The number of nitrogens with zero attached hydrogens (tertiary/aromatic N) is 1. The van der Waals surface area contributed by atoms with Crippen LogP contribution in [0.3, 0.4) is 0 Å². The molecular formula is C18H24N2O. The number of hydrogen-bond acceptors (Lipinski definition) is 3. The van der Waals surface area contributed by atoms with E-state index in [9.17, 15) is 0 Å². The van der Waals surface area contributed by atoms with Crippen LogP contribution in [0.1, 0.15) is 37.7 Å². The molecule has 0 aliphatic rings. The topological polar surface area (TPSA) is 34.1 Å². The summed E-state index contributed by atoms with van der Waals surface area (Å²) in [7, 11) is 0. The van der Waals surface area contributed by atoms with Gasteiger partial charge in [-0.1, -0.05) is 39.0 Å². The normalized spacial score (nSPS) is 10.9. The molecule has 0 aliphatic heterocycles. The van der Waals surface area contributed by atoms with Gasteiger partial charge in [-0.05, 0) is 36.2 Å². The molecule has 3 heteroatoms. The Kier molecular flexibility index (Phi) is 5.76. The number of ether oxygens (including phenoxy) is 1. The van der Waals surface area contributed by atoms with Gasteiger partial charge in [-0.2, -0.15) is 0 Å². The molecule has 1 aromatic carbocycles. The van der Waals surface area contributed by atoms with Gasteiger partial charge in [0, 0.05) is 12.6 Å². The van der Waals surface area contributed by atoms with Crippen molar-refractivity contribution in [2.75, 3.05) is 0 Å². The minimum Gasteiger partial charge on any atom is -0.487 e. The Morgan fingerprint density at radius 3 is 2.43 bits per heavy atom. The molecule has 0 atom stereocenters. The van der Waals surface area contributed by atoms with Gasteiger partial charge < -0.3 is 10.1 Å². The molecule has 0 saturated carbocycles.